The average molecular weight is 381 g/mol. The summed E-state index contributed by atoms with van der Waals surface area (Å²) in [6.45, 7) is 6.77. The highest BCUT2D eigenvalue weighted by molar-refractivity contribution is 5.81. The average Bonchev–Trinajstić information content (AvgIpc) is 3.29. The van der Waals surface area contributed by atoms with Crippen LogP contribution in [0.25, 0.3) is 0 Å². The maximum atomic E-state index is 12.7. The van der Waals surface area contributed by atoms with Crippen molar-refractivity contribution < 1.29 is 9.53 Å². The molecule has 0 saturated carbocycles. The van der Waals surface area contributed by atoms with Gasteiger partial charge in [-0.05, 0) is 44.0 Å². The summed E-state index contributed by atoms with van der Waals surface area (Å²) in [6.07, 6.45) is 1.96. The van der Waals surface area contributed by atoms with Gasteiger partial charge in [0.25, 0.3) is 5.91 Å². The van der Waals surface area contributed by atoms with Crippen LogP contribution in [-0.2, 0) is 4.79 Å². The minimum Gasteiger partial charge on any atom is -0.481 e. The maximum Gasteiger partial charge on any atom is 0.263 e. The van der Waals surface area contributed by atoms with E-state index in [9.17, 15) is 4.79 Å². The molecule has 2 aromatic rings. The molecular weight excluding hydrogens is 354 g/mol. The fraction of sp³-hybridized carbons (Fsp3) is 0.476. The number of rotatable bonds is 5. The zero-order valence-corrected chi connectivity index (χ0v) is 16.3. The number of ether oxygens (including phenoxy) is 1. The summed E-state index contributed by atoms with van der Waals surface area (Å²) in [4.78, 5) is 19.0. The first kappa shape index (κ1) is 18.5. The van der Waals surface area contributed by atoms with Crippen LogP contribution in [0.1, 0.15) is 19.8 Å². The Morgan fingerprint density at radius 3 is 2.00 bits per heavy atom. The predicted octanol–water partition coefficient (Wildman–Crippen LogP) is 2.19. The van der Waals surface area contributed by atoms with E-state index in [0.29, 0.717) is 13.1 Å². The summed E-state index contributed by atoms with van der Waals surface area (Å²) >= 11 is 0. The van der Waals surface area contributed by atoms with Crippen LogP contribution in [0.5, 0.6) is 5.75 Å². The zero-order chi connectivity index (χ0) is 19.3. The number of nitrogens with zero attached hydrogens (tertiary/aromatic N) is 5. The lowest BCUT2D eigenvalue weighted by molar-refractivity contribution is -0.138. The second-order valence-electron chi connectivity index (χ2n) is 7.33. The van der Waals surface area contributed by atoms with Crippen LogP contribution in [-0.4, -0.2) is 66.4 Å². The number of carbonyl (C=O) groups is 1. The first-order valence-corrected chi connectivity index (χ1v) is 10.0. The van der Waals surface area contributed by atoms with E-state index in [-0.39, 0.29) is 5.91 Å². The van der Waals surface area contributed by atoms with Crippen molar-refractivity contribution >= 4 is 17.5 Å². The number of aromatic nitrogens is 2. The highest BCUT2D eigenvalue weighted by Gasteiger charge is 2.27. The van der Waals surface area contributed by atoms with Crippen molar-refractivity contribution in [3.8, 4) is 5.75 Å². The first-order valence-electron chi connectivity index (χ1n) is 10.0. The molecule has 0 spiro atoms. The van der Waals surface area contributed by atoms with Gasteiger partial charge < -0.3 is 19.4 Å². The van der Waals surface area contributed by atoms with Crippen molar-refractivity contribution in [2.75, 3.05) is 49.1 Å². The molecule has 2 saturated heterocycles. The summed E-state index contributed by atoms with van der Waals surface area (Å²) in [5.74, 6) is 2.58. The maximum absolute atomic E-state index is 12.7. The van der Waals surface area contributed by atoms with Crippen LogP contribution < -0.4 is 14.5 Å². The lowest BCUT2D eigenvalue weighted by Gasteiger charge is -2.36. The van der Waals surface area contributed by atoms with E-state index < -0.39 is 6.10 Å². The Kier molecular flexibility index (Phi) is 5.60. The number of hydrogen-bond acceptors (Lipinski definition) is 6. The van der Waals surface area contributed by atoms with Crippen molar-refractivity contribution in [2.45, 2.75) is 25.9 Å². The van der Waals surface area contributed by atoms with Gasteiger partial charge in [0, 0.05) is 39.3 Å². The topological polar surface area (TPSA) is 61.8 Å². The van der Waals surface area contributed by atoms with Gasteiger partial charge in [0.15, 0.2) is 17.7 Å². The second-order valence-corrected chi connectivity index (χ2v) is 7.33. The lowest BCUT2D eigenvalue weighted by atomic mass is 10.2. The Labute approximate surface area is 165 Å². The second kappa shape index (κ2) is 8.46. The molecule has 2 fully saturated rings. The normalized spacial score (nSPS) is 18.2. The van der Waals surface area contributed by atoms with Crippen molar-refractivity contribution in [1.29, 1.82) is 0 Å². The third kappa shape index (κ3) is 4.18. The molecule has 0 radical (unpaired) electrons. The van der Waals surface area contributed by atoms with Crippen LogP contribution in [0.4, 0.5) is 11.6 Å². The number of hydrogen-bond donors (Lipinski definition) is 0. The van der Waals surface area contributed by atoms with Crippen LogP contribution in [0.3, 0.4) is 0 Å². The molecule has 4 rings (SSSR count). The van der Waals surface area contributed by atoms with E-state index in [1.54, 1.807) is 0 Å². The first-order chi connectivity index (χ1) is 13.7. The largest absolute Gasteiger partial charge is 0.481 e. The van der Waals surface area contributed by atoms with Gasteiger partial charge in [-0.1, -0.05) is 18.2 Å². The number of para-hydroxylation sites is 1. The zero-order valence-electron chi connectivity index (χ0n) is 16.3. The summed E-state index contributed by atoms with van der Waals surface area (Å²) in [5.41, 5.74) is 0. The molecule has 0 unspecified atom stereocenters. The van der Waals surface area contributed by atoms with Gasteiger partial charge in [-0.25, -0.2) is 0 Å². The van der Waals surface area contributed by atoms with E-state index in [1.165, 1.54) is 12.8 Å². The molecule has 2 aliphatic rings. The van der Waals surface area contributed by atoms with E-state index in [2.05, 4.69) is 26.1 Å². The number of amides is 1. The number of benzene rings is 1. The standard InChI is InChI=1S/C21H27N5O2/c1-17(28-18-7-3-2-4-8-18)21(27)26-15-13-25(14-16-26)20-10-9-19(22-23-20)24-11-5-6-12-24/h2-4,7-10,17H,5-6,11-16H2,1H3/t17-/m1/s1. The van der Waals surface area contributed by atoms with Gasteiger partial charge in [0.1, 0.15) is 5.75 Å². The molecule has 1 aromatic carbocycles. The van der Waals surface area contributed by atoms with Gasteiger partial charge in [-0.2, -0.15) is 0 Å². The summed E-state index contributed by atoms with van der Waals surface area (Å²) in [7, 11) is 0. The van der Waals surface area contributed by atoms with Crippen LogP contribution in [0.2, 0.25) is 0 Å². The summed E-state index contributed by atoms with van der Waals surface area (Å²) in [6, 6.07) is 13.6. The summed E-state index contributed by atoms with van der Waals surface area (Å²) < 4.78 is 5.77. The molecular formula is C21H27N5O2. The van der Waals surface area contributed by atoms with E-state index in [4.69, 9.17) is 4.74 Å². The van der Waals surface area contributed by atoms with Gasteiger partial charge in [0.2, 0.25) is 0 Å². The van der Waals surface area contributed by atoms with Crippen molar-refractivity contribution in [3.63, 3.8) is 0 Å². The molecule has 1 aromatic heterocycles. The number of anilines is 2. The van der Waals surface area contributed by atoms with Gasteiger partial charge in [-0.15, -0.1) is 10.2 Å². The molecule has 7 nitrogen and oxygen atoms in total. The Balaban J connectivity index is 1.29. The van der Waals surface area contributed by atoms with Crippen molar-refractivity contribution in [3.05, 3.63) is 42.5 Å². The molecule has 2 aliphatic heterocycles. The quantitative estimate of drug-likeness (QED) is 0.791. The highest BCUT2D eigenvalue weighted by Crippen LogP contribution is 2.20. The van der Waals surface area contributed by atoms with Gasteiger partial charge in [0.05, 0.1) is 0 Å². The molecule has 3 heterocycles. The number of piperazine rings is 1. The smallest absolute Gasteiger partial charge is 0.263 e. The van der Waals surface area contributed by atoms with Gasteiger partial charge in [-0.3, -0.25) is 4.79 Å². The fourth-order valence-corrected chi connectivity index (χ4v) is 3.77. The minimum atomic E-state index is -0.492. The Morgan fingerprint density at radius 2 is 1.43 bits per heavy atom. The molecule has 0 N–H and O–H groups in total. The third-order valence-corrected chi connectivity index (χ3v) is 5.39. The summed E-state index contributed by atoms with van der Waals surface area (Å²) in [5, 5.41) is 8.81. The van der Waals surface area contributed by atoms with E-state index >= 15 is 0 Å². The van der Waals surface area contributed by atoms with Gasteiger partial charge >= 0.3 is 0 Å². The SMILES string of the molecule is C[C@@H](Oc1ccccc1)C(=O)N1CCN(c2ccc(N3CCCC3)nn2)CC1. The molecule has 148 valence electrons. The molecule has 1 amide bonds. The Bertz CT molecular complexity index is 769. The van der Waals surface area contributed by atoms with E-state index in [1.807, 2.05) is 48.2 Å². The number of carbonyl (C=O) groups excluding carboxylic acids is 1. The van der Waals surface area contributed by atoms with Crippen molar-refractivity contribution in [2.24, 2.45) is 0 Å². The van der Waals surface area contributed by atoms with Crippen molar-refractivity contribution in [1.82, 2.24) is 15.1 Å². The van der Waals surface area contributed by atoms with Crippen LogP contribution in [0.15, 0.2) is 42.5 Å². The third-order valence-electron chi connectivity index (χ3n) is 5.39. The lowest BCUT2D eigenvalue weighted by Crippen LogP contribution is -2.52. The molecule has 0 bridgehead atoms. The Hall–Kier alpha value is -2.83. The monoisotopic (exact) mass is 381 g/mol. The fourth-order valence-electron chi connectivity index (χ4n) is 3.77. The molecule has 7 heteroatoms. The molecule has 1 atom stereocenters. The minimum absolute atomic E-state index is 0.0268. The van der Waals surface area contributed by atoms with E-state index in [0.717, 1.165) is 43.6 Å². The molecule has 0 aliphatic carbocycles. The van der Waals surface area contributed by atoms with Crippen LogP contribution >= 0.6 is 0 Å². The highest BCUT2D eigenvalue weighted by atomic mass is 16.5. The predicted molar refractivity (Wildman–Crippen MR) is 109 cm³/mol. The van der Waals surface area contributed by atoms with Crippen LogP contribution in [0, 0.1) is 0 Å². The molecule has 28 heavy (non-hydrogen) atoms. The Morgan fingerprint density at radius 1 is 0.857 bits per heavy atom.